The minimum atomic E-state index is -0.193. The van der Waals surface area contributed by atoms with E-state index >= 15 is 0 Å². The van der Waals surface area contributed by atoms with Gasteiger partial charge in [-0.25, -0.2) is 10.8 Å². The molecular weight excluding hydrogens is 230 g/mol. The summed E-state index contributed by atoms with van der Waals surface area (Å²) in [5.41, 5.74) is 3.00. The van der Waals surface area contributed by atoms with Gasteiger partial charge in [0.2, 0.25) is 0 Å². The molecule has 0 aliphatic heterocycles. The monoisotopic (exact) mass is 249 g/mol. The molecule has 0 unspecified atom stereocenters. The van der Waals surface area contributed by atoms with Crippen molar-refractivity contribution in [3.8, 4) is 0 Å². The van der Waals surface area contributed by atoms with Gasteiger partial charge in [0, 0.05) is 6.54 Å². The van der Waals surface area contributed by atoms with E-state index in [1.54, 1.807) is 0 Å². The van der Waals surface area contributed by atoms with Crippen LogP contribution in [0.25, 0.3) is 0 Å². The van der Waals surface area contributed by atoms with Crippen molar-refractivity contribution in [2.24, 2.45) is 11.3 Å². The van der Waals surface area contributed by atoms with Crippen molar-refractivity contribution in [3.05, 3.63) is 18.1 Å². The van der Waals surface area contributed by atoms with E-state index in [2.05, 4.69) is 27.6 Å². The maximum Gasteiger partial charge on any atom is 0.271 e. The smallest absolute Gasteiger partial charge is 0.271 e. The van der Waals surface area contributed by atoms with Crippen molar-refractivity contribution in [2.75, 3.05) is 12.0 Å². The van der Waals surface area contributed by atoms with E-state index in [9.17, 15) is 4.79 Å². The summed E-state index contributed by atoms with van der Waals surface area (Å²) in [5, 5.41) is 2.93. The third-order valence-electron chi connectivity index (χ3n) is 3.38. The highest BCUT2D eigenvalue weighted by Crippen LogP contribution is 2.48. The fourth-order valence-electron chi connectivity index (χ4n) is 2.13. The Morgan fingerprint density at radius 1 is 1.50 bits per heavy atom. The van der Waals surface area contributed by atoms with Crippen molar-refractivity contribution < 1.29 is 4.79 Å². The normalized spacial score (nSPS) is 16.1. The Morgan fingerprint density at radius 3 is 2.89 bits per heavy atom. The molecule has 98 valence electrons. The summed E-state index contributed by atoms with van der Waals surface area (Å²) in [6, 6.07) is 0. The summed E-state index contributed by atoms with van der Waals surface area (Å²) >= 11 is 0. The summed E-state index contributed by atoms with van der Waals surface area (Å²) in [7, 11) is 0. The van der Waals surface area contributed by atoms with Gasteiger partial charge in [0.05, 0.1) is 12.4 Å². The number of nitrogen functional groups attached to an aromatic ring is 1. The number of rotatable bonds is 6. The maximum absolute atomic E-state index is 11.9. The van der Waals surface area contributed by atoms with Gasteiger partial charge in [-0.05, 0) is 24.7 Å². The molecule has 2 rings (SSSR count). The van der Waals surface area contributed by atoms with Gasteiger partial charge in [0.25, 0.3) is 5.91 Å². The predicted molar refractivity (Wildman–Crippen MR) is 68.8 cm³/mol. The summed E-state index contributed by atoms with van der Waals surface area (Å²) in [5.74, 6) is 5.42. The molecule has 6 nitrogen and oxygen atoms in total. The first kappa shape index (κ1) is 12.8. The van der Waals surface area contributed by atoms with Gasteiger partial charge in [0.15, 0.2) is 5.82 Å². The van der Waals surface area contributed by atoms with Crippen LogP contribution in [0.5, 0.6) is 0 Å². The first-order valence-corrected chi connectivity index (χ1v) is 6.26. The van der Waals surface area contributed by atoms with Crippen molar-refractivity contribution in [1.29, 1.82) is 0 Å². The van der Waals surface area contributed by atoms with Crippen LogP contribution in [0.4, 0.5) is 5.82 Å². The number of amides is 1. The van der Waals surface area contributed by atoms with Gasteiger partial charge in [0.1, 0.15) is 5.69 Å². The number of anilines is 1. The number of nitrogens with two attached hydrogens (primary N) is 1. The molecule has 0 spiro atoms. The summed E-state index contributed by atoms with van der Waals surface area (Å²) in [6.45, 7) is 2.89. The van der Waals surface area contributed by atoms with E-state index in [0.29, 0.717) is 11.2 Å². The molecule has 1 aromatic rings. The van der Waals surface area contributed by atoms with Gasteiger partial charge in [-0.3, -0.25) is 9.78 Å². The molecule has 0 bridgehead atoms. The molecule has 1 aliphatic rings. The third-order valence-corrected chi connectivity index (χ3v) is 3.38. The van der Waals surface area contributed by atoms with Gasteiger partial charge in [-0.2, -0.15) is 0 Å². The lowest BCUT2D eigenvalue weighted by molar-refractivity contribution is 0.0938. The Morgan fingerprint density at radius 2 is 2.28 bits per heavy atom. The number of hydrazine groups is 1. The number of aromatic nitrogens is 2. The van der Waals surface area contributed by atoms with Crippen LogP contribution < -0.4 is 16.6 Å². The van der Waals surface area contributed by atoms with E-state index < -0.39 is 0 Å². The van der Waals surface area contributed by atoms with Crippen LogP contribution in [0.15, 0.2) is 12.4 Å². The van der Waals surface area contributed by atoms with Gasteiger partial charge in [-0.1, -0.05) is 13.3 Å². The second-order valence-electron chi connectivity index (χ2n) is 4.87. The summed E-state index contributed by atoms with van der Waals surface area (Å²) < 4.78 is 0. The lowest BCUT2D eigenvalue weighted by atomic mass is 10.0. The largest absolute Gasteiger partial charge is 0.350 e. The summed E-state index contributed by atoms with van der Waals surface area (Å²) in [6.07, 6.45) is 7.64. The number of carbonyl (C=O) groups excluding carboxylic acids is 1. The SMILES string of the molecule is CCCC1(CNC(=O)c2cncc(NN)n2)CC1. The number of nitrogens with one attached hydrogen (secondary N) is 2. The molecule has 1 aliphatic carbocycles. The van der Waals surface area contributed by atoms with Crippen molar-refractivity contribution in [2.45, 2.75) is 32.6 Å². The van der Waals surface area contributed by atoms with Crippen molar-refractivity contribution in [1.82, 2.24) is 15.3 Å². The Labute approximate surface area is 106 Å². The molecule has 1 fully saturated rings. The van der Waals surface area contributed by atoms with Gasteiger partial charge < -0.3 is 10.7 Å². The second kappa shape index (κ2) is 5.30. The first-order valence-electron chi connectivity index (χ1n) is 6.26. The van der Waals surface area contributed by atoms with Crippen LogP contribution in [0, 0.1) is 5.41 Å². The molecule has 1 amide bonds. The number of nitrogens with zero attached hydrogens (tertiary/aromatic N) is 2. The van der Waals surface area contributed by atoms with Gasteiger partial charge >= 0.3 is 0 Å². The zero-order valence-electron chi connectivity index (χ0n) is 10.6. The van der Waals surface area contributed by atoms with E-state index in [1.165, 1.54) is 31.7 Å². The molecule has 1 heterocycles. The highest BCUT2D eigenvalue weighted by atomic mass is 16.1. The molecule has 1 saturated carbocycles. The molecule has 0 atom stereocenters. The number of hydrogen-bond acceptors (Lipinski definition) is 5. The predicted octanol–water partition coefficient (Wildman–Crippen LogP) is 1.07. The topological polar surface area (TPSA) is 92.9 Å². The lowest BCUT2D eigenvalue weighted by Gasteiger charge is -2.14. The Balaban J connectivity index is 1.91. The molecule has 1 aromatic heterocycles. The molecule has 6 heteroatoms. The maximum atomic E-state index is 11.9. The van der Waals surface area contributed by atoms with E-state index in [1.807, 2.05) is 0 Å². The highest BCUT2D eigenvalue weighted by Gasteiger charge is 2.41. The lowest BCUT2D eigenvalue weighted by Crippen LogP contribution is -2.31. The molecule has 18 heavy (non-hydrogen) atoms. The molecule has 0 radical (unpaired) electrons. The average Bonchev–Trinajstić information content (AvgIpc) is 3.17. The number of carbonyl (C=O) groups is 1. The second-order valence-corrected chi connectivity index (χ2v) is 4.87. The standard InChI is InChI=1S/C12H19N5O/c1-2-3-12(4-5-12)8-15-11(18)9-6-14-7-10(16-9)17-13/h6-7H,2-5,8,13H2,1H3,(H,15,18)(H,16,17). The number of hydrogen-bond donors (Lipinski definition) is 3. The van der Waals surface area contributed by atoms with Crippen LogP contribution in [0.2, 0.25) is 0 Å². The van der Waals surface area contributed by atoms with Crippen LogP contribution >= 0.6 is 0 Å². The van der Waals surface area contributed by atoms with Crippen molar-refractivity contribution in [3.63, 3.8) is 0 Å². The van der Waals surface area contributed by atoms with Crippen LogP contribution in [0.1, 0.15) is 43.1 Å². The van der Waals surface area contributed by atoms with E-state index in [-0.39, 0.29) is 11.6 Å². The fraction of sp³-hybridized carbons (Fsp3) is 0.583. The quantitative estimate of drug-likeness (QED) is 0.518. The van der Waals surface area contributed by atoms with E-state index in [4.69, 9.17) is 5.84 Å². The minimum absolute atomic E-state index is 0.193. The molecule has 4 N–H and O–H groups in total. The first-order chi connectivity index (χ1) is 8.69. The fourth-order valence-corrected chi connectivity index (χ4v) is 2.13. The zero-order valence-corrected chi connectivity index (χ0v) is 10.6. The molecular formula is C12H19N5O. The van der Waals surface area contributed by atoms with Crippen LogP contribution in [0.3, 0.4) is 0 Å². The Kier molecular flexibility index (Phi) is 3.76. The minimum Gasteiger partial charge on any atom is -0.350 e. The highest BCUT2D eigenvalue weighted by molar-refractivity contribution is 5.92. The van der Waals surface area contributed by atoms with E-state index in [0.717, 1.165) is 13.0 Å². The Bertz CT molecular complexity index is 430. The Hall–Kier alpha value is -1.69. The van der Waals surface area contributed by atoms with Gasteiger partial charge in [-0.15, -0.1) is 0 Å². The van der Waals surface area contributed by atoms with Crippen LogP contribution in [-0.2, 0) is 0 Å². The van der Waals surface area contributed by atoms with Crippen LogP contribution in [-0.4, -0.2) is 22.4 Å². The van der Waals surface area contributed by atoms with Crippen molar-refractivity contribution >= 4 is 11.7 Å². The average molecular weight is 249 g/mol. The zero-order chi connectivity index (χ0) is 13.0. The molecule has 0 saturated heterocycles. The molecule has 0 aromatic carbocycles. The third kappa shape index (κ3) is 2.95. The summed E-state index contributed by atoms with van der Waals surface area (Å²) in [4.78, 5) is 19.9.